The molecule has 2 fully saturated rings. The van der Waals surface area contributed by atoms with Crippen LogP contribution in [0, 0.1) is 0 Å². The Kier molecular flexibility index (Phi) is 3.74. The standard InChI is InChI=1S/C13H24N2OS/c1-12(2)10-15(7-8-17-12)11(16)9-13(14)5-3-4-6-13/h3-10,14H2,1-2H3. The Bertz CT molecular complexity index is 298. The molecular weight excluding hydrogens is 232 g/mol. The SMILES string of the molecule is CC1(C)CN(C(=O)CC2(N)CCCC2)CCS1. The van der Waals surface area contributed by atoms with E-state index in [0.29, 0.717) is 6.42 Å². The lowest BCUT2D eigenvalue weighted by Crippen LogP contribution is -2.50. The van der Waals surface area contributed by atoms with Crippen LogP contribution in [0.15, 0.2) is 0 Å². The van der Waals surface area contributed by atoms with Gasteiger partial charge in [-0.2, -0.15) is 11.8 Å². The van der Waals surface area contributed by atoms with Crippen LogP contribution in [0.5, 0.6) is 0 Å². The molecule has 1 aliphatic heterocycles. The smallest absolute Gasteiger partial charge is 0.224 e. The molecule has 0 bridgehead atoms. The van der Waals surface area contributed by atoms with E-state index >= 15 is 0 Å². The molecule has 3 nitrogen and oxygen atoms in total. The average molecular weight is 256 g/mol. The molecule has 1 amide bonds. The van der Waals surface area contributed by atoms with E-state index in [1.807, 2.05) is 16.7 Å². The van der Waals surface area contributed by atoms with Gasteiger partial charge in [-0.15, -0.1) is 0 Å². The van der Waals surface area contributed by atoms with Crippen molar-refractivity contribution in [2.45, 2.75) is 56.2 Å². The lowest BCUT2D eigenvalue weighted by Gasteiger charge is -2.39. The van der Waals surface area contributed by atoms with Gasteiger partial charge in [-0.25, -0.2) is 0 Å². The summed E-state index contributed by atoms with van der Waals surface area (Å²) in [5, 5.41) is 0. The number of rotatable bonds is 2. The van der Waals surface area contributed by atoms with E-state index in [4.69, 9.17) is 5.73 Å². The van der Waals surface area contributed by atoms with E-state index in [2.05, 4.69) is 13.8 Å². The molecular formula is C13H24N2OS. The summed E-state index contributed by atoms with van der Waals surface area (Å²) in [5.74, 6) is 1.32. The maximum Gasteiger partial charge on any atom is 0.224 e. The summed E-state index contributed by atoms with van der Waals surface area (Å²) in [7, 11) is 0. The highest BCUT2D eigenvalue weighted by Gasteiger charge is 2.36. The molecule has 17 heavy (non-hydrogen) atoms. The van der Waals surface area contributed by atoms with Crippen molar-refractivity contribution in [3.8, 4) is 0 Å². The van der Waals surface area contributed by atoms with Crippen molar-refractivity contribution in [1.82, 2.24) is 4.90 Å². The lowest BCUT2D eigenvalue weighted by atomic mass is 9.94. The third-order valence-corrected chi connectivity index (χ3v) is 5.18. The van der Waals surface area contributed by atoms with Gasteiger partial charge in [0.1, 0.15) is 0 Å². The Hall–Kier alpha value is -0.220. The van der Waals surface area contributed by atoms with E-state index < -0.39 is 0 Å². The Morgan fingerprint density at radius 2 is 2.00 bits per heavy atom. The van der Waals surface area contributed by atoms with Crippen molar-refractivity contribution in [3.63, 3.8) is 0 Å². The fourth-order valence-corrected chi connectivity index (χ4v) is 4.01. The van der Waals surface area contributed by atoms with Crippen LogP contribution in [0.2, 0.25) is 0 Å². The van der Waals surface area contributed by atoms with Crippen LogP contribution >= 0.6 is 11.8 Å². The van der Waals surface area contributed by atoms with E-state index in [1.54, 1.807) is 0 Å². The highest BCUT2D eigenvalue weighted by molar-refractivity contribution is 8.00. The molecule has 1 saturated heterocycles. The second-order valence-electron chi connectivity index (χ2n) is 6.17. The van der Waals surface area contributed by atoms with E-state index in [9.17, 15) is 4.79 Å². The predicted octanol–water partition coefficient (Wildman–Crippen LogP) is 2.00. The summed E-state index contributed by atoms with van der Waals surface area (Å²) in [6.45, 7) is 6.19. The zero-order valence-corrected chi connectivity index (χ0v) is 11.8. The van der Waals surface area contributed by atoms with Crippen molar-refractivity contribution in [3.05, 3.63) is 0 Å². The number of nitrogens with zero attached hydrogens (tertiary/aromatic N) is 1. The zero-order valence-electron chi connectivity index (χ0n) is 11.0. The number of carbonyl (C=O) groups is 1. The van der Waals surface area contributed by atoms with Gasteiger partial charge in [-0.1, -0.05) is 12.8 Å². The van der Waals surface area contributed by atoms with E-state index in [1.165, 1.54) is 12.8 Å². The molecule has 1 heterocycles. The second-order valence-corrected chi connectivity index (χ2v) is 7.97. The predicted molar refractivity (Wildman–Crippen MR) is 73.1 cm³/mol. The van der Waals surface area contributed by atoms with Gasteiger partial charge in [0.05, 0.1) is 0 Å². The minimum Gasteiger partial charge on any atom is -0.340 e. The van der Waals surface area contributed by atoms with Gasteiger partial charge in [-0.05, 0) is 26.7 Å². The maximum atomic E-state index is 12.3. The summed E-state index contributed by atoms with van der Waals surface area (Å²) in [4.78, 5) is 14.3. The maximum absolute atomic E-state index is 12.3. The zero-order chi connectivity index (χ0) is 12.5. The average Bonchev–Trinajstić information content (AvgIpc) is 2.63. The summed E-state index contributed by atoms with van der Waals surface area (Å²) >= 11 is 1.96. The van der Waals surface area contributed by atoms with E-state index in [0.717, 1.165) is 31.7 Å². The summed E-state index contributed by atoms with van der Waals surface area (Å²) < 4.78 is 0.200. The van der Waals surface area contributed by atoms with Gasteiger partial charge >= 0.3 is 0 Å². The van der Waals surface area contributed by atoms with Crippen LogP contribution in [0.25, 0.3) is 0 Å². The van der Waals surface area contributed by atoms with Crippen molar-refractivity contribution >= 4 is 17.7 Å². The minimum absolute atomic E-state index is 0.200. The fourth-order valence-electron chi connectivity index (χ4n) is 2.90. The first-order valence-electron chi connectivity index (χ1n) is 6.61. The molecule has 0 unspecified atom stereocenters. The van der Waals surface area contributed by atoms with Crippen molar-refractivity contribution in [2.24, 2.45) is 5.73 Å². The second kappa shape index (κ2) is 4.81. The Morgan fingerprint density at radius 3 is 2.59 bits per heavy atom. The first kappa shape index (κ1) is 13.2. The number of hydrogen-bond donors (Lipinski definition) is 1. The number of carbonyl (C=O) groups excluding carboxylic acids is 1. The van der Waals surface area contributed by atoms with Crippen LogP contribution in [-0.4, -0.2) is 39.9 Å². The third-order valence-electron chi connectivity index (χ3n) is 3.88. The summed E-state index contributed by atoms with van der Waals surface area (Å²) in [6.07, 6.45) is 4.96. The van der Waals surface area contributed by atoms with Crippen LogP contribution < -0.4 is 5.73 Å². The first-order valence-corrected chi connectivity index (χ1v) is 7.60. The Labute approximate surface area is 108 Å². The van der Waals surface area contributed by atoms with Gasteiger partial charge in [0.2, 0.25) is 5.91 Å². The first-order chi connectivity index (χ1) is 7.90. The normalized spacial score (nSPS) is 27.1. The quantitative estimate of drug-likeness (QED) is 0.822. The third kappa shape index (κ3) is 3.38. The molecule has 1 aliphatic carbocycles. The highest BCUT2D eigenvalue weighted by Crippen LogP contribution is 2.33. The van der Waals surface area contributed by atoms with Gasteiger partial charge in [0.25, 0.3) is 0 Å². The topological polar surface area (TPSA) is 46.3 Å². The molecule has 0 aromatic rings. The number of nitrogens with two attached hydrogens (primary N) is 1. The van der Waals surface area contributed by atoms with Crippen LogP contribution in [0.3, 0.4) is 0 Å². The van der Waals surface area contributed by atoms with Gasteiger partial charge in [-0.3, -0.25) is 4.79 Å². The molecule has 0 radical (unpaired) electrons. The fraction of sp³-hybridized carbons (Fsp3) is 0.923. The minimum atomic E-state index is -0.203. The van der Waals surface area contributed by atoms with Crippen molar-refractivity contribution in [2.75, 3.05) is 18.8 Å². The molecule has 2 rings (SSSR count). The number of amides is 1. The molecule has 0 aromatic heterocycles. The van der Waals surface area contributed by atoms with Crippen molar-refractivity contribution in [1.29, 1.82) is 0 Å². The number of hydrogen-bond acceptors (Lipinski definition) is 3. The van der Waals surface area contributed by atoms with Crippen molar-refractivity contribution < 1.29 is 4.79 Å². The monoisotopic (exact) mass is 256 g/mol. The van der Waals surface area contributed by atoms with Crippen LogP contribution in [0.1, 0.15) is 46.0 Å². The molecule has 0 aromatic carbocycles. The molecule has 0 atom stereocenters. The molecule has 2 N–H and O–H groups in total. The molecule has 98 valence electrons. The van der Waals surface area contributed by atoms with Crippen LogP contribution in [-0.2, 0) is 4.79 Å². The van der Waals surface area contributed by atoms with Gasteiger partial charge in [0.15, 0.2) is 0 Å². The lowest BCUT2D eigenvalue weighted by molar-refractivity contribution is -0.132. The van der Waals surface area contributed by atoms with Gasteiger partial charge in [0, 0.05) is 35.5 Å². The largest absolute Gasteiger partial charge is 0.340 e. The van der Waals surface area contributed by atoms with Crippen LogP contribution in [0.4, 0.5) is 0 Å². The summed E-state index contributed by atoms with van der Waals surface area (Å²) in [6, 6.07) is 0. The molecule has 1 saturated carbocycles. The molecule has 2 aliphatic rings. The number of thioether (sulfide) groups is 1. The summed E-state index contributed by atoms with van der Waals surface area (Å²) in [5.41, 5.74) is 6.08. The van der Waals surface area contributed by atoms with E-state index in [-0.39, 0.29) is 16.2 Å². The Morgan fingerprint density at radius 1 is 1.35 bits per heavy atom. The molecule has 0 spiro atoms. The Balaban J connectivity index is 1.91. The van der Waals surface area contributed by atoms with Gasteiger partial charge < -0.3 is 10.6 Å². The molecule has 4 heteroatoms. The highest BCUT2D eigenvalue weighted by atomic mass is 32.2.